The summed E-state index contributed by atoms with van der Waals surface area (Å²) in [5, 5.41) is 5.52. The molecule has 0 saturated heterocycles. The highest BCUT2D eigenvalue weighted by molar-refractivity contribution is 7.99. The van der Waals surface area contributed by atoms with E-state index in [4.69, 9.17) is 0 Å². The molecule has 0 unspecified atom stereocenters. The minimum Gasteiger partial charge on any atom is -0.342 e. The first-order valence-electron chi connectivity index (χ1n) is 6.99. The first-order valence-corrected chi connectivity index (χ1v) is 8.69. The van der Waals surface area contributed by atoms with Crippen molar-refractivity contribution in [2.24, 2.45) is 0 Å². The lowest BCUT2D eigenvalue weighted by Gasteiger charge is -2.12. The van der Waals surface area contributed by atoms with Crippen molar-refractivity contribution in [2.75, 3.05) is 5.32 Å². The number of hydrogen-bond donors (Lipinski definition) is 2. The van der Waals surface area contributed by atoms with Crippen molar-refractivity contribution in [2.45, 2.75) is 37.8 Å². The summed E-state index contributed by atoms with van der Waals surface area (Å²) in [5.74, 6) is 1.37. The van der Waals surface area contributed by atoms with Crippen LogP contribution >= 0.6 is 23.3 Å². The molecular formula is C17H22N2S2. The van der Waals surface area contributed by atoms with E-state index in [1.165, 1.54) is 20.9 Å². The van der Waals surface area contributed by atoms with Crippen molar-refractivity contribution in [1.82, 2.24) is 4.72 Å². The van der Waals surface area contributed by atoms with Crippen molar-refractivity contribution in [3.63, 3.8) is 0 Å². The van der Waals surface area contributed by atoms with Gasteiger partial charge in [0.25, 0.3) is 0 Å². The van der Waals surface area contributed by atoms with Crippen LogP contribution in [0.3, 0.4) is 0 Å². The lowest BCUT2D eigenvalue weighted by Crippen LogP contribution is -2.11. The van der Waals surface area contributed by atoms with Gasteiger partial charge in [-0.05, 0) is 72.0 Å². The molecule has 0 saturated carbocycles. The number of aryl methyl sites for hydroxylation is 2. The Morgan fingerprint density at radius 1 is 1.14 bits per heavy atom. The molecule has 1 aromatic carbocycles. The van der Waals surface area contributed by atoms with Gasteiger partial charge in [-0.25, -0.2) is 0 Å². The Balaban J connectivity index is 1.89. The Hall–Kier alpha value is -1.39. The minimum absolute atomic E-state index is 0.576. The normalized spacial score (nSPS) is 10.7. The van der Waals surface area contributed by atoms with E-state index < -0.39 is 0 Å². The highest BCUT2D eigenvalue weighted by atomic mass is 32.2. The standard InChI is InChI=1S/C17H22N2S2/c1-11(2)15-9-17(20-10-15)21-19-14(5)18-16-7-12(3)6-13(4)8-16/h6-11,18-19H,5H2,1-4H3. The van der Waals surface area contributed by atoms with Crippen LogP contribution in [0.15, 0.2) is 46.3 Å². The number of nitrogens with one attached hydrogen (secondary N) is 2. The van der Waals surface area contributed by atoms with Crippen LogP contribution in [0.4, 0.5) is 5.69 Å². The molecule has 0 atom stereocenters. The first kappa shape index (κ1) is 16.0. The van der Waals surface area contributed by atoms with Gasteiger partial charge in [0.2, 0.25) is 0 Å². The minimum atomic E-state index is 0.576. The molecule has 0 spiro atoms. The summed E-state index contributed by atoms with van der Waals surface area (Å²) in [6.45, 7) is 12.7. The molecule has 0 radical (unpaired) electrons. The number of benzene rings is 1. The summed E-state index contributed by atoms with van der Waals surface area (Å²) in [7, 11) is 0. The molecule has 1 heterocycles. The molecule has 0 aliphatic rings. The fourth-order valence-electron chi connectivity index (χ4n) is 2.05. The summed E-state index contributed by atoms with van der Waals surface area (Å²) < 4.78 is 4.51. The van der Waals surface area contributed by atoms with Crippen LogP contribution in [0.2, 0.25) is 0 Å². The van der Waals surface area contributed by atoms with E-state index in [1.54, 1.807) is 23.3 Å². The van der Waals surface area contributed by atoms with Gasteiger partial charge in [-0.15, -0.1) is 11.3 Å². The molecule has 2 rings (SSSR count). The van der Waals surface area contributed by atoms with E-state index in [0.29, 0.717) is 5.92 Å². The molecule has 112 valence electrons. The maximum absolute atomic E-state index is 4.03. The molecule has 4 heteroatoms. The van der Waals surface area contributed by atoms with Gasteiger partial charge in [-0.3, -0.25) is 0 Å². The Morgan fingerprint density at radius 3 is 2.38 bits per heavy atom. The molecule has 2 aromatic rings. The zero-order chi connectivity index (χ0) is 15.4. The first-order chi connectivity index (χ1) is 9.94. The summed E-state index contributed by atoms with van der Waals surface area (Å²) >= 11 is 3.36. The van der Waals surface area contributed by atoms with Crippen LogP contribution in [0.1, 0.15) is 36.5 Å². The fraction of sp³-hybridized carbons (Fsp3) is 0.294. The van der Waals surface area contributed by atoms with Gasteiger partial charge in [-0.2, -0.15) is 0 Å². The monoisotopic (exact) mass is 318 g/mol. The number of thiophene rings is 1. The predicted molar refractivity (Wildman–Crippen MR) is 96.1 cm³/mol. The Morgan fingerprint density at radius 2 is 1.81 bits per heavy atom. The maximum atomic E-state index is 4.03. The maximum Gasteiger partial charge on any atom is 0.106 e. The third kappa shape index (κ3) is 4.83. The second-order valence-electron chi connectivity index (χ2n) is 5.54. The molecule has 21 heavy (non-hydrogen) atoms. The Kier molecular flexibility index (Phi) is 5.37. The van der Waals surface area contributed by atoms with E-state index in [0.717, 1.165) is 11.5 Å². The van der Waals surface area contributed by atoms with E-state index in [2.05, 4.69) is 74.0 Å². The Labute approximate surface area is 135 Å². The molecule has 2 nitrogen and oxygen atoms in total. The van der Waals surface area contributed by atoms with Gasteiger partial charge in [0.1, 0.15) is 5.82 Å². The van der Waals surface area contributed by atoms with Crippen LogP contribution in [0.5, 0.6) is 0 Å². The van der Waals surface area contributed by atoms with Crippen LogP contribution in [0.25, 0.3) is 0 Å². The SMILES string of the molecule is C=C(NSc1cc(C(C)C)cs1)Nc1cc(C)cc(C)c1. The summed E-state index contributed by atoms with van der Waals surface area (Å²) in [6.07, 6.45) is 0. The lowest BCUT2D eigenvalue weighted by atomic mass is 10.1. The Bertz CT molecular complexity index is 609. The van der Waals surface area contributed by atoms with Gasteiger partial charge >= 0.3 is 0 Å². The van der Waals surface area contributed by atoms with Crippen LogP contribution in [0, 0.1) is 13.8 Å². The molecule has 0 fully saturated rings. The predicted octanol–water partition coefficient (Wildman–Crippen LogP) is 5.67. The fourth-order valence-corrected chi connectivity index (χ4v) is 3.77. The lowest BCUT2D eigenvalue weighted by molar-refractivity contribution is 0.870. The summed E-state index contributed by atoms with van der Waals surface area (Å²) in [5.41, 5.74) is 4.95. The summed E-state index contributed by atoms with van der Waals surface area (Å²) in [6, 6.07) is 8.63. The largest absolute Gasteiger partial charge is 0.342 e. The number of rotatable bonds is 6. The van der Waals surface area contributed by atoms with Gasteiger partial charge in [-0.1, -0.05) is 26.5 Å². The highest BCUT2D eigenvalue weighted by Gasteiger charge is 2.05. The second-order valence-corrected chi connectivity index (χ2v) is 7.56. The third-order valence-corrected chi connectivity index (χ3v) is 5.00. The van der Waals surface area contributed by atoms with Gasteiger partial charge in [0.15, 0.2) is 0 Å². The van der Waals surface area contributed by atoms with Gasteiger partial charge in [0.05, 0.1) is 4.21 Å². The van der Waals surface area contributed by atoms with Crippen LogP contribution in [-0.2, 0) is 0 Å². The quantitative estimate of drug-likeness (QED) is 0.671. The van der Waals surface area contributed by atoms with E-state index in [1.807, 2.05) is 0 Å². The van der Waals surface area contributed by atoms with Gasteiger partial charge in [0, 0.05) is 5.69 Å². The van der Waals surface area contributed by atoms with E-state index in [9.17, 15) is 0 Å². The van der Waals surface area contributed by atoms with Crippen LogP contribution < -0.4 is 10.0 Å². The molecule has 0 bridgehead atoms. The molecule has 2 N–H and O–H groups in total. The smallest absolute Gasteiger partial charge is 0.106 e. The molecule has 0 amide bonds. The second kappa shape index (κ2) is 7.05. The zero-order valence-electron chi connectivity index (χ0n) is 13.0. The summed E-state index contributed by atoms with van der Waals surface area (Å²) in [4.78, 5) is 0. The van der Waals surface area contributed by atoms with Crippen molar-refractivity contribution in [1.29, 1.82) is 0 Å². The highest BCUT2D eigenvalue weighted by Crippen LogP contribution is 2.28. The van der Waals surface area contributed by atoms with Crippen molar-refractivity contribution < 1.29 is 0 Å². The van der Waals surface area contributed by atoms with E-state index >= 15 is 0 Å². The van der Waals surface area contributed by atoms with Crippen molar-refractivity contribution in [3.05, 3.63) is 58.7 Å². The number of anilines is 1. The van der Waals surface area contributed by atoms with Crippen LogP contribution in [-0.4, -0.2) is 0 Å². The van der Waals surface area contributed by atoms with Crippen molar-refractivity contribution in [3.8, 4) is 0 Å². The van der Waals surface area contributed by atoms with Crippen molar-refractivity contribution >= 4 is 29.0 Å². The van der Waals surface area contributed by atoms with Gasteiger partial charge < -0.3 is 10.0 Å². The average Bonchev–Trinajstić information content (AvgIpc) is 2.84. The van der Waals surface area contributed by atoms with E-state index in [-0.39, 0.29) is 0 Å². The number of hydrogen-bond acceptors (Lipinski definition) is 4. The molecular weight excluding hydrogens is 296 g/mol. The molecule has 1 aromatic heterocycles. The molecule has 0 aliphatic carbocycles. The third-order valence-electron chi connectivity index (χ3n) is 3.05. The zero-order valence-corrected chi connectivity index (χ0v) is 14.6. The average molecular weight is 319 g/mol. The topological polar surface area (TPSA) is 24.1 Å². The molecule has 0 aliphatic heterocycles.